The Morgan fingerprint density at radius 1 is 1.04 bits per heavy atom. The van der Waals surface area contributed by atoms with Crippen molar-refractivity contribution in [2.45, 2.75) is 23.5 Å². The van der Waals surface area contributed by atoms with Crippen molar-refractivity contribution in [3.63, 3.8) is 0 Å². The molecule has 1 atom stereocenters. The van der Waals surface area contributed by atoms with Crippen LogP contribution in [0.15, 0.2) is 59.5 Å². The first-order chi connectivity index (χ1) is 12.2. The summed E-state index contributed by atoms with van der Waals surface area (Å²) in [5, 5.41) is 0. The van der Waals surface area contributed by atoms with Gasteiger partial charge in [-0.25, -0.2) is 8.42 Å². The molecule has 1 saturated heterocycles. The summed E-state index contributed by atoms with van der Waals surface area (Å²) in [6.45, 7) is 0.318. The Morgan fingerprint density at radius 3 is 2.38 bits per heavy atom. The highest BCUT2D eigenvalue weighted by Crippen LogP contribution is 2.30. The Balaban J connectivity index is 1.80. The smallest absolute Gasteiger partial charge is 0.311 e. The molecule has 0 aromatic heterocycles. The molecule has 1 aliphatic heterocycles. The third-order valence-electron chi connectivity index (χ3n) is 4.04. The van der Waals surface area contributed by atoms with Crippen LogP contribution in [0, 0.1) is 0 Å². The molecule has 1 aliphatic rings. The summed E-state index contributed by atoms with van der Waals surface area (Å²) in [6, 6.07) is 11.1. The van der Waals surface area contributed by atoms with E-state index in [1.807, 2.05) is 0 Å². The minimum Gasteiger partial charge on any atom is -0.311 e. The van der Waals surface area contributed by atoms with Crippen LogP contribution >= 0.6 is 0 Å². The van der Waals surface area contributed by atoms with Crippen LogP contribution in [-0.2, 0) is 21.0 Å². The predicted molar refractivity (Wildman–Crippen MR) is 89.0 cm³/mol. The van der Waals surface area contributed by atoms with Gasteiger partial charge in [0, 0.05) is 12.2 Å². The van der Waals surface area contributed by atoms with Crippen molar-refractivity contribution in [1.29, 1.82) is 0 Å². The van der Waals surface area contributed by atoms with Crippen molar-refractivity contribution in [3.8, 4) is 0 Å². The first kappa shape index (κ1) is 18.4. The topological polar surface area (TPSA) is 66.5 Å². The van der Waals surface area contributed by atoms with Crippen LogP contribution in [-0.4, -0.2) is 26.9 Å². The zero-order valence-corrected chi connectivity index (χ0v) is 14.2. The Bertz CT molecular complexity index is 914. The van der Waals surface area contributed by atoms with E-state index in [4.69, 9.17) is 0 Å². The normalized spacial score (nSPS) is 18.3. The van der Waals surface area contributed by atoms with Gasteiger partial charge in [0.15, 0.2) is 0 Å². The summed E-state index contributed by atoms with van der Waals surface area (Å²) >= 11 is 0. The minimum atomic E-state index is -4.65. The van der Waals surface area contributed by atoms with Crippen LogP contribution in [0.1, 0.15) is 12.0 Å². The number of alkyl halides is 3. The Morgan fingerprint density at radius 2 is 1.73 bits per heavy atom. The van der Waals surface area contributed by atoms with Gasteiger partial charge in [0.2, 0.25) is 15.9 Å². The van der Waals surface area contributed by atoms with Crippen molar-refractivity contribution in [2.75, 3.05) is 11.4 Å². The lowest BCUT2D eigenvalue weighted by Gasteiger charge is -2.17. The van der Waals surface area contributed by atoms with Gasteiger partial charge in [-0.2, -0.15) is 17.9 Å². The van der Waals surface area contributed by atoms with Gasteiger partial charge in [-0.3, -0.25) is 4.79 Å². The molecule has 0 aliphatic carbocycles. The summed E-state index contributed by atoms with van der Waals surface area (Å²) in [5.41, 5.74) is -0.428. The number of amides is 1. The van der Waals surface area contributed by atoms with Crippen LogP contribution in [0.2, 0.25) is 0 Å². The monoisotopic (exact) mass is 384 g/mol. The summed E-state index contributed by atoms with van der Waals surface area (Å²) in [5.74, 6) is -0.438. The molecule has 0 saturated carbocycles. The van der Waals surface area contributed by atoms with E-state index in [0.29, 0.717) is 18.3 Å². The second-order valence-electron chi connectivity index (χ2n) is 5.81. The van der Waals surface area contributed by atoms with Crippen molar-refractivity contribution in [2.24, 2.45) is 0 Å². The second-order valence-corrected chi connectivity index (χ2v) is 7.53. The Labute approximate surface area is 148 Å². The van der Waals surface area contributed by atoms with Crippen LogP contribution in [0.4, 0.5) is 18.9 Å². The number of anilines is 1. The number of benzene rings is 2. The zero-order chi connectivity index (χ0) is 18.9. The maximum Gasteiger partial charge on any atom is 0.416 e. The van der Waals surface area contributed by atoms with Crippen molar-refractivity contribution in [3.05, 3.63) is 60.2 Å². The van der Waals surface area contributed by atoms with Gasteiger partial charge >= 0.3 is 6.18 Å². The van der Waals surface area contributed by atoms with Crippen molar-refractivity contribution < 1.29 is 26.4 Å². The van der Waals surface area contributed by atoms with Crippen LogP contribution < -0.4 is 9.62 Å². The molecule has 2 aromatic rings. The van der Waals surface area contributed by atoms with Gasteiger partial charge in [-0.15, -0.1) is 0 Å². The number of nitrogens with one attached hydrogen (secondary N) is 1. The Hall–Kier alpha value is -2.39. The number of hydrogen-bond donors (Lipinski definition) is 1. The molecular formula is C17H15F3N2O3S. The van der Waals surface area contributed by atoms with Gasteiger partial charge in [-0.05, 0) is 36.8 Å². The number of nitrogens with zero attached hydrogens (tertiary/aromatic N) is 1. The molecule has 26 heavy (non-hydrogen) atoms. The van der Waals surface area contributed by atoms with Crippen molar-refractivity contribution in [1.82, 2.24) is 4.72 Å². The molecule has 9 heteroatoms. The van der Waals surface area contributed by atoms with E-state index < -0.39 is 38.6 Å². The first-order valence-electron chi connectivity index (χ1n) is 7.74. The highest BCUT2D eigenvalue weighted by Gasteiger charge is 2.36. The maximum atomic E-state index is 12.8. The van der Waals surface area contributed by atoms with Crippen LogP contribution in [0.5, 0.6) is 0 Å². The minimum absolute atomic E-state index is 0.228. The molecule has 3 rings (SSSR count). The fraction of sp³-hybridized carbons (Fsp3) is 0.235. The summed E-state index contributed by atoms with van der Waals surface area (Å²) in [6.07, 6.45) is -4.43. The van der Waals surface area contributed by atoms with Gasteiger partial charge in [0.25, 0.3) is 0 Å². The molecule has 0 radical (unpaired) electrons. The zero-order valence-electron chi connectivity index (χ0n) is 13.4. The van der Waals surface area contributed by atoms with E-state index in [2.05, 4.69) is 4.72 Å². The largest absolute Gasteiger partial charge is 0.416 e. The molecule has 2 aromatic carbocycles. The van der Waals surface area contributed by atoms with E-state index in [-0.39, 0.29) is 6.42 Å². The molecule has 5 nitrogen and oxygen atoms in total. The number of carbonyl (C=O) groups is 1. The lowest BCUT2D eigenvalue weighted by Crippen LogP contribution is -2.41. The standard InChI is InChI=1S/C17H15F3N2O3S/c18-17(19,20)12-5-4-8-14(11-12)26(24,25)21-15-9-10-22(16(15)23)13-6-2-1-3-7-13/h1-8,11,15,21H,9-10H2. The van der Waals surface area contributed by atoms with Gasteiger partial charge in [0.05, 0.1) is 10.5 Å². The molecule has 1 unspecified atom stereocenters. The summed E-state index contributed by atoms with van der Waals surface area (Å²) < 4.78 is 65.4. The fourth-order valence-electron chi connectivity index (χ4n) is 2.75. The number of halogens is 3. The van der Waals surface area contributed by atoms with Gasteiger partial charge in [0.1, 0.15) is 6.04 Å². The molecule has 138 valence electrons. The number of carbonyl (C=O) groups excluding carboxylic acids is 1. The van der Waals surface area contributed by atoms with Crippen LogP contribution in [0.3, 0.4) is 0 Å². The quantitative estimate of drug-likeness (QED) is 0.882. The van der Waals surface area contributed by atoms with E-state index >= 15 is 0 Å². The SMILES string of the molecule is O=C1C(NS(=O)(=O)c2cccc(C(F)(F)F)c2)CCN1c1ccccc1. The van der Waals surface area contributed by atoms with Crippen molar-refractivity contribution >= 4 is 21.6 Å². The summed E-state index contributed by atoms with van der Waals surface area (Å²) in [4.78, 5) is 13.4. The molecule has 1 fully saturated rings. The van der Waals surface area contributed by atoms with Gasteiger partial charge in [-0.1, -0.05) is 24.3 Å². The highest BCUT2D eigenvalue weighted by molar-refractivity contribution is 7.89. The lowest BCUT2D eigenvalue weighted by atomic mass is 10.2. The average Bonchev–Trinajstić information content (AvgIpc) is 2.95. The average molecular weight is 384 g/mol. The first-order valence-corrected chi connectivity index (χ1v) is 9.23. The van der Waals surface area contributed by atoms with Gasteiger partial charge < -0.3 is 4.90 Å². The van der Waals surface area contributed by atoms with E-state index in [0.717, 1.165) is 18.2 Å². The number of hydrogen-bond acceptors (Lipinski definition) is 3. The van der Waals surface area contributed by atoms with Crippen LogP contribution in [0.25, 0.3) is 0 Å². The fourth-order valence-corrected chi connectivity index (χ4v) is 4.02. The molecule has 1 amide bonds. The molecule has 1 heterocycles. The second kappa shape index (κ2) is 6.73. The van der Waals surface area contributed by atoms with E-state index in [1.54, 1.807) is 30.3 Å². The summed E-state index contributed by atoms with van der Waals surface area (Å²) in [7, 11) is -4.26. The molecular weight excluding hydrogens is 369 g/mol. The number of sulfonamides is 1. The third-order valence-corrected chi connectivity index (χ3v) is 5.51. The molecule has 0 spiro atoms. The number of para-hydroxylation sites is 1. The Kier molecular flexibility index (Phi) is 4.76. The highest BCUT2D eigenvalue weighted by atomic mass is 32.2. The number of rotatable bonds is 4. The lowest BCUT2D eigenvalue weighted by molar-refractivity contribution is -0.137. The molecule has 0 bridgehead atoms. The van der Waals surface area contributed by atoms with E-state index in [1.165, 1.54) is 4.90 Å². The molecule has 1 N–H and O–H groups in total. The maximum absolute atomic E-state index is 12.8. The third kappa shape index (κ3) is 3.73. The van der Waals surface area contributed by atoms with E-state index in [9.17, 15) is 26.4 Å². The predicted octanol–water partition coefficient (Wildman–Crippen LogP) is 2.79.